The van der Waals surface area contributed by atoms with E-state index in [4.69, 9.17) is 14.2 Å². The highest BCUT2D eigenvalue weighted by Crippen LogP contribution is 2.40. The van der Waals surface area contributed by atoms with Crippen LogP contribution in [-0.2, 0) is 53.9 Å². The fourth-order valence-electron chi connectivity index (χ4n) is 7.76. The molecule has 5 aromatic carbocycles. The summed E-state index contributed by atoms with van der Waals surface area (Å²) in [6.07, 6.45) is 8.24. The molecule has 0 spiro atoms. The molecule has 1 atom stereocenters. The number of unbranched alkanes of at least 4 members (excludes halogenated alkanes) is 3. The molecule has 10 heteroatoms. The van der Waals surface area contributed by atoms with E-state index in [-0.39, 0.29) is 17.6 Å². The van der Waals surface area contributed by atoms with E-state index in [0.717, 1.165) is 98.2 Å². The molecular weight excluding hydrogens is 761 g/mol. The monoisotopic (exact) mass is 818 g/mol. The first-order valence-corrected chi connectivity index (χ1v) is 22.4. The van der Waals surface area contributed by atoms with Crippen LogP contribution in [0.15, 0.2) is 132 Å². The molecule has 1 aliphatic carbocycles. The Bertz CT molecular complexity index is 2130. The Labute approximate surface area is 350 Å². The van der Waals surface area contributed by atoms with E-state index in [1.165, 1.54) is 23.3 Å². The van der Waals surface area contributed by atoms with Gasteiger partial charge in [-0.3, -0.25) is 4.55 Å². The van der Waals surface area contributed by atoms with Gasteiger partial charge in [0.25, 0.3) is 10.1 Å². The van der Waals surface area contributed by atoms with Crippen molar-refractivity contribution < 1.29 is 32.0 Å². The standard InChI is InChI=1S/C49H58N2O7S/c1-2-31-50(44-25-28-46-43(35-44)24-29-47(56-36-40-16-8-5-9-17-40)48(46)57-37-41-18-10-6-11-19-41)32-14-3-4-15-33-51(49(52)58-38-42-20-12-7-13-21-42)34-30-39-22-26-45(27-23-39)59(53,54)55/h5-13,16-24,26-27,29,44H,2-4,14-15,25,28,30-38H2,1H3,(H,53,54,55)/t44-/m0/s1. The Kier molecular flexibility index (Phi) is 16.4. The molecule has 0 unspecified atom stereocenters. The van der Waals surface area contributed by atoms with Crippen LogP contribution in [0.2, 0.25) is 0 Å². The Hall–Kier alpha value is -5.16. The molecule has 0 fully saturated rings. The van der Waals surface area contributed by atoms with Gasteiger partial charge in [0.05, 0.1) is 4.90 Å². The van der Waals surface area contributed by atoms with Crippen molar-refractivity contribution in [3.63, 3.8) is 0 Å². The number of amides is 1. The summed E-state index contributed by atoms with van der Waals surface area (Å²) in [7, 11) is -4.26. The number of hydrogen-bond acceptors (Lipinski definition) is 7. The van der Waals surface area contributed by atoms with Crippen molar-refractivity contribution in [2.24, 2.45) is 0 Å². The number of rotatable bonds is 22. The summed E-state index contributed by atoms with van der Waals surface area (Å²) >= 11 is 0. The average Bonchev–Trinajstić information content (AvgIpc) is 3.26. The quantitative estimate of drug-likeness (QED) is 0.0544. The summed E-state index contributed by atoms with van der Waals surface area (Å²) in [5.74, 6) is 1.67. The lowest BCUT2D eigenvalue weighted by atomic mass is 9.86. The van der Waals surface area contributed by atoms with Crippen LogP contribution in [0.25, 0.3) is 0 Å². The van der Waals surface area contributed by atoms with Crippen molar-refractivity contribution in [1.82, 2.24) is 9.80 Å². The first-order chi connectivity index (χ1) is 28.8. The van der Waals surface area contributed by atoms with E-state index in [2.05, 4.69) is 48.2 Å². The Balaban J connectivity index is 1.02. The van der Waals surface area contributed by atoms with Gasteiger partial charge in [-0.05, 0) is 104 Å². The molecule has 0 aromatic heterocycles. The van der Waals surface area contributed by atoms with E-state index >= 15 is 0 Å². The molecule has 1 amide bonds. The van der Waals surface area contributed by atoms with Gasteiger partial charge in [0.1, 0.15) is 19.8 Å². The van der Waals surface area contributed by atoms with Gasteiger partial charge >= 0.3 is 6.09 Å². The van der Waals surface area contributed by atoms with Gasteiger partial charge in [-0.15, -0.1) is 0 Å². The van der Waals surface area contributed by atoms with Crippen molar-refractivity contribution >= 4 is 16.2 Å². The van der Waals surface area contributed by atoms with E-state index < -0.39 is 10.1 Å². The molecule has 1 N–H and O–H groups in total. The number of fused-ring (bicyclic) bond motifs is 1. The topological polar surface area (TPSA) is 106 Å². The van der Waals surface area contributed by atoms with Gasteiger partial charge < -0.3 is 24.0 Å². The minimum absolute atomic E-state index is 0.150. The van der Waals surface area contributed by atoms with E-state index in [0.29, 0.717) is 38.8 Å². The molecule has 6 rings (SSSR count). The molecule has 312 valence electrons. The molecule has 0 radical (unpaired) electrons. The number of carbonyl (C=O) groups excluding carboxylic acids is 1. The number of benzene rings is 5. The normalized spacial score (nSPS) is 13.8. The highest BCUT2D eigenvalue weighted by Gasteiger charge is 2.28. The van der Waals surface area contributed by atoms with Gasteiger partial charge in [-0.1, -0.05) is 129 Å². The lowest BCUT2D eigenvalue weighted by molar-refractivity contribution is 0.0957. The second-order valence-electron chi connectivity index (χ2n) is 15.3. The van der Waals surface area contributed by atoms with Crippen LogP contribution in [0.4, 0.5) is 4.79 Å². The number of ether oxygens (including phenoxy) is 3. The minimum atomic E-state index is -4.26. The van der Waals surface area contributed by atoms with Gasteiger partial charge in [0, 0.05) is 24.7 Å². The first-order valence-electron chi connectivity index (χ1n) is 21.0. The number of carbonyl (C=O) groups is 1. The number of hydrogen-bond donors (Lipinski definition) is 1. The van der Waals surface area contributed by atoms with Crippen LogP contribution in [-0.4, -0.2) is 61.1 Å². The van der Waals surface area contributed by atoms with Crippen LogP contribution in [0, 0.1) is 0 Å². The van der Waals surface area contributed by atoms with Crippen molar-refractivity contribution in [1.29, 1.82) is 0 Å². The SMILES string of the molecule is CCCN(CCCCCCN(CCc1ccc(S(=O)(=O)O)cc1)C(=O)OCc1ccccc1)[C@H]1CCc2c(ccc(OCc3ccccc3)c2OCc2ccccc2)C1. The Morgan fingerprint density at radius 3 is 1.86 bits per heavy atom. The zero-order valence-electron chi connectivity index (χ0n) is 34.2. The summed E-state index contributed by atoms with van der Waals surface area (Å²) < 4.78 is 51.0. The Morgan fingerprint density at radius 2 is 1.25 bits per heavy atom. The minimum Gasteiger partial charge on any atom is -0.485 e. The van der Waals surface area contributed by atoms with Gasteiger partial charge in [-0.2, -0.15) is 8.42 Å². The average molecular weight is 819 g/mol. The van der Waals surface area contributed by atoms with Crippen LogP contribution in [0.1, 0.15) is 78.8 Å². The largest absolute Gasteiger partial charge is 0.485 e. The second-order valence-corrected chi connectivity index (χ2v) is 16.7. The third-order valence-corrected chi connectivity index (χ3v) is 11.8. The third kappa shape index (κ3) is 13.4. The van der Waals surface area contributed by atoms with Gasteiger partial charge in [0.15, 0.2) is 11.5 Å². The lowest BCUT2D eigenvalue weighted by Gasteiger charge is -2.36. The molecule has 0 saturated heterocycles. The summed E-state index contributed by atoms with van der Waals surface area (Å²) in [5.41, 5.74) is 6.65. The molecule has 0 heterocycles. The van der Waals surface area contributed by atoms with E-state index in [9.17, 15) is 17.8 Å². The molecule has 0 aliphatic heterocycles. The first kappa shape index (κ1) is 43.4. The van der Waals surface area contributed by atoms with Crippen LogP contribution < -0.4 is 9.47 Å². The van der Waals surface area contributed by atoms with Crippen molar-refractivity contribution in [2.45, 2.75) is 95.5 Å². The predicted octanol–water partition coefficient (Wildman–Crippen LogP) is 10.1. The summed E-state index contributed by atoms with van der Waals surface area (Å²) in [4.78, 5) is 17.5. The maximum Gasteiger partial charge on any atom is 0.410 e. The van der Waals surface area contributed by atoms with Crippen LogP contribution in [0.5, 0.6) is 11.5 Å². The maximum atomic E-state index is 13.3. The fourth-order valence-corrected chi connectivity index (χ4v) is 8.24. The Morgan fingerprint density at radius 1 is 0.661 bits per heavy atom. The summed E-state index contributed by atoms with van der Waals surface area (Å²) in [6.45, 7) is 6.53. The smallest absolute Gasteiger partial charge is 0.410 e. The molecular formula is C49H58N2O7S. The molecule has 59 heavy (non-hydrogen) atoms. The molecule has 0 bridgehead atoms. The highest BCUT2D eigenvalue weighted by atomic mass is 32.2. The molecule has 1 aliphatic rings. The third-order valence-electron chi connectivity index (χ3n) is 11.0. The van der Waals surface area contributed by atoms with Crippen molar-refractivity contribution in [3.8, 4) is 11.5 Å². The van der Waals surface area contributed by atoms with Crippen molar-refractivity contribution in [2.75, 3.05) is 26.2 Å². The number of nitrogens with zero attached hydrogens (tertiary/aromatic N) is 2. The zero-order valence-corrected chi connectivity index (χ0v) is 35.0. The van der Waals surface area contributed by atoms with Gasteiger partial charge in [-0.25, -0.2) is 4.79 Å². The summed E-state index contributed by atoms with van der Waals surface area (Å²) in [6, 6.07) is 41.1. The van der Waals surface area contributed by atoms with Crippen LogP contribution in [0.3, 0.4) is 0 Å². The predicted molar refractivity (Wildman–Crippen MR) is 232 cm³/mol. The molecule has 0 saturated carbocycles. The van der Waals surface area contributed by atoms with Crippen molar-refractivity contribution in [3.05, 3.63) is 161 Å². The second kappa shape index (κ2) is 22.3. The van der Waals surface area contributed by atoms with E-state index in [1.807, 2.05) is 66.7 Å². The van der Waals surface area contributed by atoms with Crippen LogP contribution >= 0.6 is 0 Å². The maximum absolute atomic E-state index is 13.3. The molecule has 9 nitrogen and oxygen atoms in total. The van der Waals surface area contributed by atoms with E-state index in [1.54, 1.807) is 17.0 Å². The summed E-state index contributed by atoms with van der Waals surface area (Å²) in [5, 5.41) is 0. The van der Waals surface area contributed by atoms with Gasteiger partial charge in [0.2, 0.25) is 0 Å². The highest BCUT2D eigenvalue weighted by molar-refractivity contribution is 7.85. The lowest BCUT2D eigenvalue weighted by Crippen LogP contribution is -2.40. The zero-order chi connectivity index (χ0) is 41.3. The molecule has 5 aromatic rings. The fraction of sp³-hybridized carbons (Fsp3) is 0.367.